The van der Waals surface area contributed by atoms with Gasteiger partial charge in [0.25, 0.3) is 0 Å². The number of hydrazone groups is 1. The molecule has 3 rings (SSSR count). The van der Waals surface area contributed by atoms with Crippen LogP contribution in [0.4, 0.5) is 22.7 Å². The number of allylic oxidation sites excluding steroid dienone is 3. The first-order valence-electron chi connectivity index (χ1n) is 13.7. The third-order valence-electron chi connectivity index (χ3n) is 6.32. The van der Waals surface area contributed by atoms with Gasteiger partial charge in [0.1, 0.15) is 36.0 Å². The number of unbranched alkanes of at least 4 members (excludes halogenated alkanes) is 3. The van der Waals surface area contributed by atoms with Crippen molar-refractivity contribution in [3.63, 3.8) is 0 Å². The van der Waals surface area contributed by atoms with Crippen LogP contribution in [0.25, 0.3) is 0 Å². The van der Waals surface area contributed by atoms with Gasteiger partial charge in [-0.1, -0.05) is 30.9 Å². The topological polar surface area (TPSA) is 103 Å². The molecule has 0 fully saturated rings. The summed E-state index contributed by atoms with van der Waals surface area (Å²) in [4.78, 5) is 3.35. The van der Waals surface area contributed by atoms with Crippen LogP contribution in [-0.2, 0) is 6.54 Å². The summed E-state index contributed by atoms with van der Waals surface area (Å²) >= 11 is 0. The number of aromatic nitrogens is 1. The summed E-state index contributed by atoms with van der Waals surface area (Å²) in [5, 5.41) is 14.9. The standard InChI is InChI=1S/C32H39N7O2/c1-5-26(25-35-38(2)28-13-9-8-10-14-28)15-19-34-18-11-6-7-12-20-39-21-16-27(17-22-39)36-37-30-23-29(40-3)24-31(41-4)32(30)33/h5,8-10,13-17,19,21-25,33H,1,6-7,11-12,18,20H2,2-4H3/p+2/b26-15+,34-19?,35-25-. The first kappa shape index (κ1) is 30.7. The molecular formula is C32H41N7O2+2. The second-order valence-corrected chi connectivity index (χ2v) is 9.27. The number of benzene rings is 2. The van der Waals surface area contributed by atoms with Crippen LogP contribution in [0.2, 0.25) is 0 Å². The normalized spacial score (nSPS) is 11.9. The minimum absolute atomic E-state index is 0.422. The van der Waals surface area contributed by atoms with Crippen molar-refractivity contribution >= 4 is 35.2 Å². The Kier molecular flexibility index (Phi) is 12.8. The maximum atomic E-state index is 6.12. The van der Waals surface area contributed by atoms with Gasteiger partial charge in [-0.05, 0) is 30.5 Å². The number of hydrogen-bond acceptors (Lipinski definition) is 7. The molecule has 0 saturated carbocycles. The van der Waals surface area contributed by atoms with E-state index in [-0.39, 0.29) is 0 Å². The molecule has 0 atom stereocenters. The lowest BCUT2D eigenvalue weighted by Gasteiger charge is -2.11. The molecule has 0 unspecified atom stereocenters. The summed E-state index contributed by atoms with van der Waals surface area (Å²) in [6, 6.07) is 17.3. The highest BCUT2D eigenvalue weighted by molar-refractivity contribution is 5.88. The van der Waals surface area contributed by atoms with Gasteiger partial charge in [0, 0.05) is 50.2 Å². The Morgan fingerprint density at radius 3 is 2.46 bits per heavy atom. The maximum Gasteiger partial charge on any atom is 0.171 e. The minimum atomic E-state index is 0.422. The third-order valence-corrected chi connectivity index (χ3v) is 6.32. The van der Waals surface area contributed by atoms with E-state index in [4.69, 9.17) is 15.2 Å². The fourth-order valence-electron chi connectivity index (χ4n) is 3.87. The molecule has 1 heterocycles. The average Bonchev–Trinajstić information content (AvgIpc) is 3.02. The van der Waals surface area contributed by atoms with Crippen molar-refractivity contribution in [1.29, 1.82) is 0 Å². The number of nitrogen functional groups attached to an aromatic ring is 1. The Labute approximate surface area is 243 Å². The largest absolute Gasteiger partial charge is 0.497 e. The number of rotatable bonds is 16. The number of para-hydroxylation sites is 1. The van der Waals surface area contributed by atoms with E-state index in [1.54, 1.807) is 38.6 Å². The van der Waals surface area contributed by atoms with E-state index in [2.05, 4.69) is 31.5 Å². The van der Waals surface area contributed by atoms with Gasteiger partial charge in [0.15, 0.2) is 18.6 Å². The number of methoxy groups -OCH3 is 2. The minimum Gasteiger partial charge on any atom is -0.497 e. The fourth-order valence-corrected chi connectivity index (χ4v) is 3.87. The van der Waals surface area contributed by atoms with Crippen LogP contribution in [0.5, 0.6) is 11.5 Å². The van der Waals surface area contributed by atoms with Gasteiger partial charge in [-0.2, -0.15) is 10.2 Å². The van der Waals surface area contributed by atoms with Crippen molar-refractivity contribution in [1.82, 2.24) is 0 Å². The Hall–Kier alpha value is -4.79. The predicted octanol–water partition coefficient (Wildman–Crippen LogP) is 4.94. The van der Waals surface area contributed by atoms with Crippen LogP contribution in [0.15, 0.2) is 107 Å². The van der Waals surface area contributed by atoms with Gasteiger partial charge in [-0.15, -0.1) is 5.11 Å². The summed E-state index contributed by atoms with van der Waals surface area (Å²) in [7, 11) is 5.06. The lowest BCUT2D eigenvalue weighted by atomic mass is 10.2. The Morgan fingerprint density at radius 2 is 1.76 bits per heavy atom. The highest BCUT2D eigenvalue weighted by Crippen LogP contribution is 2.37. The van der Waals surface area contributed by atoms with Crippen molar-refractivity contribution in [3.05, 3.63) is 91.3 Å². The van der Waals surface area contributed by atoms with E-state index in [1.165, 1.54) is 12.8 Å². The zero-order chi connectivity index (χ0) is 29.3. The molecule has 0 bridgehead atoms. The van der Waals surface area contributed by atoms with Crippen molar-refractivity contribution in [2.75, 3.05) is 38.6 Å². The molecule has 9 nitrogen and oxygen atoms in total. The van der Waals surface area contributed by atoms with Crippen LogP contribution < -0.4 is 29.8 Å². The second-order valence-electron chi connectivity index (χ2n) is 9.27. The number of ether oxygens (including phenoxy) is 2. The molecule has 41 heavy (non-hydrogen) atoms. The molecule has 0 spiro atoms. The number of azo groups is 1. The lowest BCUT2D eigenvalue weighted by Crippen LogP contribution is -2.68. The average molecular weight is 556 g/mol. The van der Waals surface area contributed by atoms with Gasteiger partial charge < -0.3 is 15.2 Å². The fraction of sp³-hybridized carbons (Fsp3) is 0.281. The Bertz CT molecular complexity index is 1350. The van der Waals surface area contributed by atoms with Crippen molar-refractivity contribution < 1.29 is 19.0 Å². The van der Waals surface area contributed by atoms with E-state index >= 15 is 0 Å². The van der Waals surface area contributed by atoms with Crippen molar-refractivity contribution in [2.24, 2.45) is 15.3 Å². The molecule has 9 heteroatoms. The summed E-state index contributed by atoms with van der Waals surface area (Å²) in [6.07, 6.45) is 16.1. The number of nitrogens with one attached hydrogen (secondary N) is 1. The Balaban J connectivity index is 1.35. The first-order valence-corrected chi connectivity index (χ1v) is 13.7. The highest BCUT2D eigenvalue weighted by atomic mass is 16.5. The van der Waals surface area contributed by atoms with E-state index in [9.17, 15) is 0 Å². The number of anilines is 2. The maximum absolute atomic E-state index is 6.12. The van der Waals surface area contributed by atoms with Gasteiger partial charge in [0.2, 0.25) is 0 Å². The zero-order valence-electron chi connectivity index (χ0n) is 24.2. The summed E-state index contributed by atoms with van der Waals surface area (Å²) in [6.45, 7) is 5.76. The van der Waals surface area contributed by atoms with E-state index in [1.807, 2.05) is 79.2 Å². The van der Waals surface area contributed by atoms with Crippen LogP contribution in [0.3, 0.4) is 0 Å². The third kappa shape index (κ3) is 10.4. The zero-order valence-corrected chi connectivity index (χ0v) is 24.2. The number of nitrogens with two attached hydrogens (primary N) is 1. The van der Waals surface area contributed by atoms with Crippen LogP contribution in [-0.4, -0.2) is 40.2 Å². The molecule has 0 radical (unpaired) electrons. The Morgan fingerprint density at radius 1 is 1.00 bits per heavy atom. The van der Waals surface area contributed by atoms with E-state index in [0.29, 0.717) is 22.9 Å². The molecule has 0 aliphatic heterocycles. The van der Waals surface area contributed by atoms with Gasteiger partial charge >= 0.3 is 0 Å². The summed E-state index contributed by atoms with van der Waals surface area (Å²) in [5.74, 6) is 1.11. The van der Waals surface area contributed by atoms with Crippen LogP contribution in [0, 0.1) is 0 Å². The SMILES string of the molecule is C=CC(/C=N\N(C)c1ccccc1)=C\C=[NH+]CCCCCC[n+]1ccc(N=Nc2cc(OC)cc(OC)c2N)cc1. The second kappa shape index (κ2) is 17.0. The number of aryl methyl sites for hydroxylation is 1. The van der Waals surface area contributed by atoms with Crippen LogP contribution >= 0.6 is 0 Å². The molecule has 3 aromatic rings. The summed E-state index contributed by atoms with van der Waals surface area (Å²) < 4.78 is 12.7. The molecule has 0 amide bonds. The molecule has 214 valence electrons. The molecular weight excluding hydrogens is 514 g/mol. The highest BCUT2D eigenvalue weighted by Gasteiger charge is 2.09. The van der Waals surface area contributed by atoms with Gasteiger partial charge in [0.05, 0.1) is 31.8 Å². The quantitative estimate of drug-likeness (QED) is 0.0497. The lowest BCUT2D eigenvalue weighted by molar-refractivity contribution is -0.697. The summed E-state index contributed by atoms with van der Waals surface area (Å²) in [5.41, 5.74) is 9.76. The van der Waals surface area contributed by atoms with Crippen molar-refractivity contribution in [3.8, 4) is 11.5 Å². The monoisotopic (exact) mass is 555 g/mol. The molecule has 3 N–H and O–H groups in total. The first-order chi connectivity index (χ1) is 20.0. The molecule has 1 aromatic heterocycles. The van der Waals surface area contributed by atoms with E-state index in [0.717, 1.165) is 42.9 Å². The number of nitrogens with zero attached hydrogens (tertiary/aromatic N) is 5. The van der Waals surface area contributed by atoms with Gasteiger partial charge in [-0.25, -0.2) is 9.56 Å². The molecule has 0 aliphatic carbocycles. The van der Waals surface area contributed by atoms with Crippen LogP contribution in [0.1, 0.15) is 25.7 Å². The van der Waals surface area contributed by atoms with E-state index < -0.39 is 0 Å². The smallest absolute Gasteiger partial charge is 0.171 e. The predicted molar refractivity (Wildman–Crippen MR) is 167 cm³/mol. The number of hydrogen-bond donors (Lipinski definition) is 2. The van der Waals surface area contributed by atoms with Crippen molar-refractivity contribution in [2.45, 2.75) is 32.2 Å². The molecule has 0 aliphatic rings. The molecule has 0 saturated heterocycles. The number of pyridine rings is 1. The molecule has 2 aromatic carbocycles. The van der Waals surface area contributed by atoms with Gasteiger partial charge in [-0.3, -0.25) is 5.01 Å².